The van der Waals surface area contributed by atoms with Crippen LogP contribution in [0.1, 0.15) is 51.4 Å². The smallest absolute Gasteiger partial charge is 0.0672 e. The highest BCUT2D eigenvalue weighted by atomic mass is 14.7. The summed E-state index contributed by atoms with van der Waals surface area (Å²) < 4.78 is 0. The van der Waals surface area contributed by atoms with Gasteiger partial charge in [-0.1, -0.05) is 32.1 Å². The predicted octanol–water partition coefficient (Wildman–Crippen LogP) is 2.84. The lowest BCUT2D eigenvalue weighted by atomic mass is 9.81. The van der Waals surface area contributed by atoms with Crippen molar-refractivity contribution in [1.29, 1.82) is 5.26 Å². The van der Waals surface area contributed by atoms with Crippen LogP contribution in [-0.2, 0) is 0 Å². The lowest BCUT2D eigenvalue weighted by Crippen LogP contribution is -2.32. The maximum atomic E-state index is 9.05. The van der Waals surface area contributed by atoms with E-state index in [-0.39, 0.29) is 12.0 Å². The van der Waals surface area contributed by atoms with Crippen molar-refractivity contribution in [2.45, 2.75) is 57.4 Å². The molecule has 0 amide bonds. The Balaban J connectivity index is 2.33. The lowest BCUT2D eigenvalue weighted by Gasteiger charge is -2.26. The molecule has 0 heterocycles. The largest absolute Gasteiger partial charge is 0.327 e. The van der Waals surface area contributed by atoms with E-state index in [4.69, 9.17) is 17.4 Å². The van der Waals surface area contributed by atoms with Gasteiger partial charge in [0.25, 0.3) is 0 Å². The zero-order chi connectivity index (χ0) is 11.8. The van der Waals surface area contributed by atoms with Gasteiger partial charge < -0.3 is 5.73 Å². The van der Waals surface area contributed by atoms with E-state index in [1.54, 1.807) is 0 Å². The second-order valence-electron chi connectivity index (χ2n) is 4.88. The highest BCUT2D eigenvalue weighted by Gasteiger charge is 2.22. The monoisotopic (exact) mass is 218 g/mol. The van der Waals surface area contributed by atoms with Crippen LogP contribution in [0.5, 0.6) is 0 Å². The van der Waals surface area contributed by atoms with Gasteiger partial charge in [0.05, 0.1) is 12.0 Å². The van der Waals surface area contributed by atoms with Crippen molar-refractivity contribution in [1.82, 2.24) is 0 Å². The standard InChI is InChI=1S/C14H22N2/c1-2-3-9-13(11-15)14(16)10-12-7-5-4-6-8-12/h1,12-14H,3-10,16H2/t13?,14-/m0/s1. The van der Waals surface area contributed by atoms with Crippen LogP contribution in [0, 0.1) is 35.5 Å². The van der Waals surface area contributed by atoms with Gasteiger partial charge in [-0.3, -0.25) is 0 Å². The van der Waals surface area contributed by atoms with Crippen LogP contribution in [-0.4, -0.2) is 6.04 Å². The summed E-state index contributed by atoms with van der Waals surface area (Å²) in [6.07, 6.45) is 14.2. The van der Waals surface area contributed by atoms with Gasteiger partial charge in [-0.25, -0.2) is 0 Å². The zero-order valence-electron chi connectivity index (χ0n) is 9.99. The van der Waals surface area contributed by atoms with E-state index in [9.17, 15) is 0 Å². The summed E-state index contributed by atoms with van der Waals surface area (Å²) in [5.74, 6) is 3.27. The Morgan fingerprint density at radius 3 is 2.56 bits per heavy atom. The van der Waals surface area contributed by atoms with Crippen LogP contribution in [0.2, 0.25) is 0 Å². The second kappa shape index (κ2) is 7.31. The Hall–Kier alpha value is -0.990. The molecule has 1 rings (SSSR count). The molecule has 1 aliphatic carbocycles. The van der Waals surface area contributed by atoms with Gasteiger partial charge in [-0.2, -0.15) is 5.26 Å². The molecule has 1 saturated carbocycles. The van der Waals surface area contributed by atoms with Crippen LogP contribution in [0.15, 0.2) is 0 Å². The van der Waals surface area contributed by atoms with E-state index in [1.165, 1.54) is 32.1 Å². The van der Waals surface area contributed by atoms with Crippen molar-refractivity contribution in [2.24, 2.45) is 17.6 Å². The third-order valence-corrected chi connectivity index (χ3v) is 3.61. The van der Waals surface area contributed by atoms with Gasteiger partial charge in [-0.05, 0) is 18.8 Å². The van der Waals surface area contributed by atoms with Crippen LogP contribution in [0.25, 0.3) is 0 Å². The number of nitriles is 1. The number of nitrogens with zero attached hydrogens (tertiary/aromatic N) is 1. The molecule has 0 spiro atoms. The average molecular weight is 218 g/mol. The maximum Gasteiger partial charge on any atom is 0.0672 e. The van der Waals surface area contributed by atoms with E-state index in [0.717, 1.165) is 18.8 Å². The van der Waals surface area contributed by atoms with Crippen LogP contribution in [0.3, 0.4) is 0 Å². The van der Waals surface area contributed by atoms with Crippen molar-refractivity contribution in [3.63, 3.8) is 0 Å². The summed E-state index contributed by atoms with van der Waals surface area (Å²) in [7, 11) is 0. The Labute approximate surface area is 99.2 Å². The number of hydrogen-bond donors (Lipinski definition) is 1. The summed E-state index contributed by atoms with van der Waals surface area (Å²) >= 11 is 0. The first kappa shape index (κ1) is 13.1. The first-order valence-corrected chi connectivity index (χ1v) is 6.36. The molecule has 1 unspecified atom stereocenters. The topological polar surface area (TPSA) is 49.8 Å². The van der Waals surface area contributed by atoms with E-state index >= 15 is 0 Å². The van der Waals surface area contributed by atoms with E-state index in [1.807, 2.05) is 0 Å². The Morgan fingerprint density at radius 1 is 1.31 bits per heavy atom. The van der Waals surface area contributed by atoms with Gasteiger partial charge in [-0.15, -0.1) is 12.3 Å². The fourth-order valence-electron chi connectivity index (χ4n) is 2.59. The van der Waals surface area contributed by atoms with E-state index in [2.05, 4.69) is 12.0 Å². The van der Waals surface area contributed by atoms with Crippen molar-refractivity contribution < 1.29 is 0 Å². The Morgan fingerprint density at radius 2 is 2.00 bits per heavy atom. The molecule has 0 aromatic rings. The van der Waals surface area contributed by atoms with Gasteiger partial charge >= 0.3 is 0 Å². The summed E-state index contributed by atoms with van der Waals surface area (Å²) in [4.78, 5) is 0. The molecule has 2 N–H and O–H groups in total. The molecule has 2 nitrogen and oxygen atoms in total. The molecule has 2 atom stereocenters. The Bertz CT molecular complexity index is 265. The fourth-order valence-corrected chi connectivity index (χ4v) is 2.59. The van der Waals surface area contributed by atoms with Gasteiger partial charge in [0.1, 0.15) is 0 Å². The highest BCUT2D eigenvalue weighted by Crippen LogP contribution is 2.28. The van der Waals surface area contributed by atoms with Gasteiger partial charge in [0, 0.05) is 12.5 Å². The Kier molecular flexibility index (Phi) is 5.98. The minimum atomic E-state index is -0.0574. The molecule has 1 aliphatic rings. The normalized spacial score (nSPS) is 20.7. The molecule has 0 aromatic carbocycles. The second-order valence-corrected chi connectivity index (χ2v) is 4.88. The summed E-state index contributed by atoms with van der Waals surface area (Å²) in [5, 5.41) is 9.05. The molecular formula is C14H22N2. The maximum absolute atomic E-state index is 9.05. The molecule has 0 saturated heterocycles. The number of nitrogens with two attached hydrogens (primary N) is 1. The zero-order valence-corrected chi connectivity index (χ0v) is 9.99. The minimum absolute atomic E-state index is 0.0152. The van der Waals surface area contributed by atoms with Gasteiger partial charge in [0.2, 0.25) is 0 Å². The first-order chi connectivity index (χ1) is 7.77. The molecule has 1 fully saturated rings. The third-order valence-electron chi connectivity index (χ3n) is 3.61. The molecule has 0 radical (unpaired) electrons. The SMILES string of the molecule is C#CCCC(C#N)[C@@H](N)CC1CCCCC1. The average Bonchev–Trinajstić information content (AvgIpc) is 2.31. The van der Waals surface area contributed by atoms with E-state index in [0.29, 0.717) is 6.42 Å². The van der Waals surface area contributed by atoms with E-state index < -0.39 is 0 Å². The summed E-state index contributed by atoms with van der Waals surface area (Å²) in [5.41, 5.74) is 6.11. The molecule has 0 aliphatic heterocycles. The molecule has 2 heteroatoms. The molecular weight excluding hydrogens is 196 g/mol. The summed E-state index contributed by atoms with van der Waals surface area (Å²) in [6.45, 7) is 0. The van der Waals surface area contributed by atoms with Crippen molar-refractivity contribution >= 4 is 0 Å². The fraction of sp³-hybridized carbons (Fsp3) is 0.786. The van der Waals surface area contributed by atoms with Crippen LogP contribution < -0.4 is 5.73 Å². The summed E-state index contributed by atoms with van der Waals surface area (Å²) in [6, 6.07) is 2.32. The van der Waals surface area contributed by atoms with Gasteiger partial charge in [0.15, 0.2) is 0 Å². The molecule has 0 aromatic heterocycles. The third kappa shape index (κ3) is 4.25. The molecule has 88 valence electrons. The van der Waals surface area contributed by atoms with Crippen molar-refractivity contribution in [2.75, 3.05) is 0 Å². The van der Waals surface area contributed by atoms with Crippen molar-refractivity contribution in [3.05, 3.63) is 0 Å². The van der Waals surface area contributed by atoms with Crippen LogP contribution >= 0.6 is 0 Å². The molecule has 16 heavy (non-hydrogen) atoms. The quantitative estimate of drug-likeness (QED) is 0.721. The predicted molar refractivity (Wildman–Crippen MR) is 66.3 cm³/mol. The van der Waals surface area contributed by atoms with Crippen LogP contribution in [0.4, 0.5) is 0 Å². The molecule has 0 bridgehead atoms. The minimum Gasteiger partial charge on any atom is -0.327 e. The van der Waals surface area contributed by atoms with Crippen molar-refractivity contribution in [3.8, 4) is 18.4 Å². The highest BCUT2D eigenvalue weighted by molar-refractivity contribution is 4.95. The number of hydrogen-bond acceptors (Lipinski definition) is 2. The first-order valence-electron chi connectivity index (χ1n) is 6.36. The lowest BCUT2D eigenvalue weighted by molar-refractivity contribution is 0.294. The number of rotatable bonds is 5. The number of terminal acetylenes is 1.